The quantitative estimate of drug-likeness (QED) is 0.716. The molecule has 0 bridgehead atoms. The maximum atomic E-state index is 13.2. The predicted molar refractivity (Wildman–Crippen MR) is 109 cm³/mol. The van der Waals surface area contributed by atoms with Crippen LogP contribution in [0, 0.1) is 6.92 Å². The molecule has 0 radical (unpaired) electrons. The number of benzene rings is 2. The van der Waals surface area contributed by atoms with Gasteiger partial charge in [0.05, 0.1) is 5.41 Å². The molecule has 3 rings (SSSR count). The lowest BCUT2D eigenvalue weighted by atomic mass is 9.73. The third-order valence-corrected chi connectivity index (χ3v) is 5.37. The third kappa shape index (κ3) is 5.35. The molecule has 2 N–H and O–H groups in total. The maximum Gasteiger partial charge on any atom is 0.341 e. The van der Waals surface area contributed by atoms with E-state index >= 15 is 0 Å². The van der Waals surface area contributed by atoms with E-state index in [1.54, 1.807) is 12.1 Å². The number of ether oxygens (including phenoxy) is 2. The van der Waals surface area contributed by atoms with Crippen LogP contribution < -0.4 is 10.1 Å². The molecule has 1 fully saturated rings. The lowest BCUT2D eigenvalue weighted by molar-refractivity contribution is -0.139. The lowest BCUT2D eigenvalue weighted by Crippen LogP contribution is -2.48. The fourth-order valence-electron chi connectivity index (χ4n) is 3.63. The molecule has 1 aliphatic heterocycles. The Bertz CT molecular complexity index is 823. The molecule has 0 saturated carbocycles. The first kappa shape index (κ1) is 20.9. The third-order valence-electron chi connectivity index (χ3n) is 5.37. The van der Waals surface area contributed by atoms with Gasteiger partial charge in [-0.15, -0.1) is 0 Å². The number of amides is 1. The number of hydrogen-bond donors (Lipinski definition) is 2. The van der Waals surface area contributed by atoms with E-state index in [0.717, 1.165) is 11.1 Å². The van der Waals surface area contributed by atoms with Gasteiger partial charge in [0.15, 0.2) is 6.61 Å². The highest BCUT2D eigenvalue weighted by atomic mass is 16.5. The van der Waals surface area contributed by atoms with Crippen molar-refractivity contribution in [3.05, 3.63) is 65.2 Å². The van der Waals surface area contributed by atoms with Crippen LogP contribution in [0.1, 0.15) is 29.5 Å². The second-order valence-corrected chi connectivity index (χ2v) is 7.39. The molecule has 6 heteroatoms. The summed E-state index contributed by atoms with van der Waals surface area (Å²) < 4.78 is 10.6. The van der Waals surface area contributed by atoms with Crippen molar-refractivity contribution in [3.63, 3.8) is 0 Å². The van der Waals surface area contributed by atoms with Gasteiger partial charge in [0, 0.05) is 19.8 Å². The van der Waals surface area contributed by atoms with Crippen LogP contribution in [-0.2, 0) is 26.2 Å². The van der Waals surface area contributed by atoms with E-state index in [9.17, 15) is 9.59 Å². The predicted octanol–water partition coefficient (Wildman–Crippen LogP) is 2.87. The molecular formula is C23H27NO5. The van der Waals surface area contributed by atoms with Crippen molar-refractivity contribution < 1.29 is 24.2 Å². The fraction of sp³-hybridized carbons (Fsp3) is 0.391. The van der Waals surface area contributed by atoms with Gasteiger partial charge < -0.3 is 19.9 Å². The van der Waals surface area contributed by atoms with Gasteiger partial charge in [0.25, 0.3) is 0 Å². The maximum absolute atomic E-state index is 13.2. The molecule has 0 atom stereocenters. The van der Waals surface area contributed by atoms with Crippen molar-refractivity contribution in [3.8, 4) is 5.75 Å². The number of carbonyl (C=O) groups excluding carboxylic acids is 1. The number of carboxylic acid groups (broad SMARTS) is 1. The van der Waals surface area contributed by atoms with Crippen LogP contribution in [0.2, 0.25) is 0 Å². The molecule has 29 heavy (non-hydrogen) atoms. The van der Waals surface area contributed by atoms with E-state index in [2.05, 4.69) is 17.4 Å². The Morgan fingerprint density at radius 1 is 1.07 bits per heavy atom. The van der Waals surface area contributed by atoms with Crippen molar-refractivity contribution in [2.45, 2.75) is 31.6 Å². The summed E-state index contributed by atoms with van der Waals surface area (Å²) in [6.07, 6.45) is 2.04. The monoisotopic (exact) mass is 397 g/mol. The molecule has 0 aliphatic carbocycles. The van der Waals surface area contributed by atoms with Gasteiger partial charge in [-0.05, 0) is 49.4 Å². The summed E-state index contributed by atoms with van der Waals surface area (Å²) >= 11 is 0. The standard InChI is InChI=1S/C23H27NO5/c1-17-2-6-19(7-3-17)23(11-14-28-15-12-23)22(27)24-13-10-18-4-8-20(9-5-18)29-16-21(25)26/h2-9H,10-16H2,1H3,(H,24,27)(H,25,26). The first-order chi connectivity index (χ1) is 14.0. The van der Waals surface area contributed by atoms with Gasteiger partial charge in [-0.2, -0.15) is 0 Å². The minimum atomic E-state index is -1.01. The average Bonchev–Trinajstić information content (AvgIpc) is 2.74. The van der Waals surface area contributed by atoms with Crippen molar-refractivity contribution in [1.29, 1.82) is 0 Å². The van der Waals surface area contributed by atoms with Crippen LogP contribution in [0.3, 0.4) is 0 Å². The zero-order valence-electron chi connectivity index (χ0n) is 16.6. The summed E-state index contributed by atoms with van der Waals surface area (Å²) in [6, 6.07) is 15.5. The molecule has 2 aromatic rings. The zero-order valence-corrected chi connectivity index (χ0v) is 16.6. The largest absolute Gasteiger partial charge is 0.482 e. The number of rotatable bonds is 8. The minimum Gasteiger partial charge on any atom is -0.482 e. The zero-order chi connectivity index (χ0) is 20.7. The Kier molecular flexibility index (Phi) is 6.88. The molecular weight excluding hydrogens is 370 g/mol. The number of aliphatic carboxylic acids is 1. The minimum absolute atomic E-state index is 0.0473. The SMILES string of the molecule is Cc1ccc(C2(C(=O)NCCc3ccc(OCC(=O)O)cc3)CCOCC2)cc1. The van der Waals surface area contributed by atoms with Crippen molar-refractivity contribution >= 4 is 11.9 Å². The van der Waals surface area contributed by atoms with Gasteiger partial charge in [0.1, 0.15) is 5.75 Å². The van der Waals surface area contributed by atoms with E-state index in [0.29, 0.717) is 44.8 Å². The van der Waals surface area contributed by atoms with Crippen LogP contribution in [0.25, 0.3) is 0 Å². The normalized spacial score (nSPS) is 15.5. The van der Waals surface area contributed by atoms with Crippen LogP contribution in [-0.4, -0.2) is 43.3 Å². The van der Waals surface area contributed by atoms with Crippen molar-refractivity contribution in [2.24, 2.45) is 0 Å². The number of hydrogen-bond acceptors (Lipinski definition) is 4. The highest BCUT2D eigenvalue weighted by Crippen LogP contribution is 2.35. The molecule has 0 aromatic heterocycles. The van der Waals surface area contributed by atoms with E-state index in [1.165, 1.54) is 5.56 Å². The summed E-state index contributed by atoms with van der Waals surface area (Å²) in [6.45, 7) is 3.37. The summed E-state index contributed by atoms with van der Waals surface area (Å²) in [7, 11) is 0. The summed E-state index contributed by atoms with van der Waals surface area (Å²) in [5.41, 5.74) is 2.72. The van der Waals surface area contributed by atoms with E-state index in [1.807, 2.05) is 31.2 Å². The number of aryl methyl sites for hydroxylation is 1. The summed E-state index contributed by atoms with van der Waals surface area (Å²) in [5.74, 6) is -0.445. The van der Waals surface area contributed by atoms with Gasteiger partial charge in [0.2, 0.25) is 5.91 Å². The topological polar surface area (TPSA) is 84.9 Å². The molecule has 1 amide bonds. The summed E-state index contributed by atoms with van der Waals surface area (Å²) in [4.78, 5) is 23.7. The van der Waals surface area contributed by atoms with E-state index < -0.39 is 11.4 Å². The molecule has 154 valence electrons. The Labute approximate surface area is 170 Å². The van der Waals surface area contributed by atoms with Crippen LogP contribution >= 0.6 is 0 Å². The number of carboxylic acids is 1. The second kappa shape index (κ2) is 9.56. The Morgan fingerprint density at radius 3 is 2.34 bits per heavy atom. The first-order valence-corrected chi connectivity index (χ1v) is 9.86. The number of carbonyl (C=O) groups is 2. The molecule has 2 aromatic carbocycles. The molecule has 0 spiro atoms. The highest BCUT2D eigenvalue weighted by molar-refractivity contribution is 5.88. The molecule has 1 aliphatic rings. The van der Waals surface area contributed by atoms with Gasteiger partial charge in [-0.1, -0.05) is 42.0 Å². The Hall–Kier alpha value is -2.86. The van der Waals surface area contributed by atoms with Gasteiger partial charge in [-0.25, -0.2) is 4.79 Å². The summed E-state index contributed by atoms with van der Waals surface area (Å²) in [5, 5.41) is 11.8. The molecule has 6 nitrogen and oxygen atoms in total. The van der Waals surface area contributed by atoms with E-state index in [4.69, 9.17) is 14.6 Å². The fourth-order valence-corrected chi connectivity index (χ4v) is 3.63. The van der Waals surface area contributed by atoms with Crippen molar-refractivity contribution in [1.82, 2.24) is 5.32 Å². The molecule has 0 unspecified atom stereocenters. The van der Waals surface area contributed by atoms with E-state index in [-0.39, 0.29) is 12.5 Å². The van der Waals surface area contributed by atoms with Crippen molar-refractivity contribution in [2.75, 3.05) is 26.4 Å². The molecule has 1 heterocycles. The Morgan fingerprint density at radius 2 is 1.72 bits per heavy atom. The second-order valence-electron chi connectivity index (χ2n) is 7.39. The van der Waals surface area contributed by atoms with Crippen LogP contribution in [0.5, 0.6) is 5.75 Å². The van der Waals surface area contributed by atoms with Gasteiger partial charge >= 0.3 is 5.97 Å². The Balaban J connectivity index is 1.59. The average molecular weight is 397 g/mol. The lowest BCUT2D eigenvalue weighted by Gasteiger charge is -2.36. The smallest absolute Gasteiger partial charge is 0.341 e. The molecule has 1 saturated heterocycles. The van der Waals surface area contributed by atoms with Crippen LogP contribution in [0.15, 0.2) is 48.5 Å². The van der Waals surface area contributed by atoms with Crippen LogP contribution in [0.4, 0.5) is 0 Å². The highest BCUT2D eigenvalue weighted by Gasteiger charge is 2.41. The number of nitrogens with one attached hydrogen (secondary N) is 1. The first-order valence-electron chi connectivity index (χ1n) is 9.86. The van der Waals surface area contributed by atoms with Gasteiger partial charge in [-0.3, -0.25) is 4.79 Å².